The molecule has 2 N–H and O–H groups in total. The zero-order valence-corrected chi connectivity index (χ0v) is 12.2. The van der Waals surface area contributed by atoms with Crippen LogP contribution in [0.4, 0.5) is 4.39 Å². The number of ether oxygens (including phenoxy) is 1. The van der Waals surface area contributed by atoms with E-state index in [9.17, 15) is 14.0 Å². The zero-order valence-electron chi connectivity index (χ0n) is 10.6. The Hall–Kier alpha value is -1.73. The number of hydrogen-bond donors (Lipinski definition) is 2. The van der Waals surface area contributed by atoms with Crippen molar-refractivity contribution in [3.63, 3.8) is 0 Å². The van der Waals surface area contributed by atoms with E-state index in [1.54, 1.807) is 6.07 Å². The van der Waals surface area contributed by atoms with Gasteiger partial charge in [-0.25, -0.2) is 9.18 Å². The first-order valence-electron chi connectivity index (χ1n) is 5.60. The van der Waals surface area contributed by atoms with E-state index in [-0.39, 0.29) is 12.1 Å². The minimum Gasteiger partial charge on any atom is -0.479 e. The molecule has 1 aromatic carbocycles. The van der Waals surface area contributed by atoms with Gasteiger partial charge in [-0.1, -0.05) is 15.9 Å². The Morgan fingerprint density at radius 3 is 2.85 bits per heavy atom. The number of carbonyl (C=O) groups excluding carboxylic acids is 1. The van der Waals surface area contributed by atoms with E-state index < -0.39 is 23.8 Å². The fourth-order valence-electron chi connectivity index (χ4n) is 1.33. The van der Waals surface area contributed by atoms with Crippen LogP contribution < -0.4 is 5.32 Å². The van der Waals surface area contributed by atoms with Crippen LogP contribution in [0.25, 0.3) is 6.08 Å². The summed E-state index contributed by atoms with van der Waals surface area (Å²) in [4.78, 5) is 22.1. The smallest absolute Gasteiger partial charge is 0.334 e. The van der Waals surface area contributed by atoms with Gasteiger partial charge in [-0.15, -0.1) is 0 Å². The molecule has 1 rings (SSSR count). The summed E-state index contributed by atoms with van der Waals surface area (Å²) < 4.78 is 18.7. The number of amides is 1. The van der Waals surface area contributed by atoms with Gasteiger partial charge in [0.25, 0.3) is 0 Å². The SMILES string of the molecule is COC(CNC(=O)/C=C/c1cc(Br)ccc1F)C(=O)O. The molecule has 0 heterocycles. The van der Waals surface area contributed by atoms with E-state index in [4.69, 9.17) is 5.11 Å². The molecule has 0 bridgehead atoms. The number of aliphatic carboxylic acids is 1. The molecule has 7 heteroatoms. The number of benzene rings is 1. The van der Waals surface area contributed by atoms with Crippen molar-refractivity contribution in [2.75, 3.05) is 13.7 Å². The maximum Gasteiger partial charge on any atom is 0.334 e. The van der Waals surface area contributed by atoms with Crippen LogP contribution in [0, 0.1) is 5.82 Å². The molecule has 0 saturated heterocycles. The molecule has 20 heavy (non-hydrogen) atoms. The van der Waals surface area contributed by atoms with Crippen LogP contribution in [0.2, 0.25) is 0 Å². The Kier molecular flexibility index (Phi) is 6.33. The van der Waals surface area contributed by atoms with E-state index in [1.807, 2.05) is 0 Å². The van der Waals surface area contributed by atoms with E-state index in [0.717, 1.165) is 6.08 Å². The molecule has 108 valence electrons. The van der Waals surface area contributed by atoms with Gasteiger partial charge in [-0.2, -0.15) is 0 Å². The Balaban J connectivity index is 2.60. The zero-order chi connectivity index (χ0) is 15.1. The van der Waals surface area contributed by atoms with Crippen molar-refractivity contribution in [1.29, 1.82) is 0 Å². The van der Waals surface area contributed by atoms with Crippen molar-refractivity contribution in [2.24, 2.45) is 0 Å². The van der Waals surface area contributed by atoms with Gasteiger partial charge in [0.05, 0.1) is 6.54 Å². The highest BCUT2D eigenvalue weighted by Gasteiger charge is 2.16. The van der Waals surface area contributed by atoms with Crippen molar-refractivity contribution < 1.29 is 23.8 Å². The van der Waals surface area contributed by atoms with Crippen LogP contribution in [0.15, 0.2) is 28.7 Å². The molecule has 0 saturated carbocycles. The van der Waals surface area contributed by atoms with Gasteiger partial charge < -0.3 is 15.2 Å². The van der Waals surface area contributed by atoms with E-state index in [1.165, 1.54) is 25.3 Å². The molecular formula is C13H13BrFNO4. The molecule has 0 aliphatic rings. The molecule has 0 radical (unpaired) electrons. The summed E-state index contributed by atoms with van der Waals surface area (Å²) in [5.74, 6) is -2.17. The first-order valence-corrected chi connectivity index (χ1v) is 6.40. The van der Waals surface area contributed by atoms with Crippen LogP contribution in [-0.4, -0.2) is 36.7 Å². The monoisotopic (exact) mass is 345 g/mol. The average Bonchev–Trinajstić information content (AvgIpc) is 2.40. The summed E-state index contributed by atoms with van der Waals surface area (Å²) in [7, 11) is 1.23. The lowest BCUT2D eigenvalue weighted by molar-refractivity contribution is -0.148. The van der Waals surface area contributed by atoms with Gasteiger partial charge >= 0.3 is 5.97 Å². The molecule has 0 aliphatic carbocycles. The van der Waals surface area contributed by atoms with Crippen LogP contribution >= 0.6 is 15.9 Å². The highest BCUT2D eigenvalue weighted by molar-refractivity contribution is 9.10. The van der Waals surface area contributed by atoms with Gasteiger partial charge in [0, 0.05) is 23.2 Å². The Labute approximate surface area is 123 Å². The molecule has 0 fully saturated rings. The predicted octanol–water partition coefficient (Wildman–Crippen LogP) is 1.82. The quantitative estimate of drug-likeness (QED) is 0.771. The number of hydrogen-bond acceptors (Lipinski definition) is 3. The van der Waals surface area contributed by atoms with E-state index in [0.29, 0.717) is 4.47 Å². The first-order chi connectivity index (χ1) is 9.43. The molecule has 0 spiro atoms. The average molecular weight is 346 g/mol. The summed E-state index contributed by atoms with van der Waals surface area (Å²) in [6.07, 6.45) is 1.31. The maximum absolute atomic E-state index is 13.4. The third-order valence-corrected chi connectivity index (χ3v) is 2.89. The van der Waals surface area contributed by atoms with Gasteiger partial charge in [0.2, 0.25) is 5.91 Å². The van der Waals surface area contributed by atoms with Crippen molar-refractivity contribution in [3.8, 4) is 0 Å². The minimum atomic E-state index is -1.17. The van der Waals surface area contributed by atoms with Crippen LogP contribution in [0.1, 0.15) is 5.56 Å². The number of carbonyl (C=O) groups is 2. The second kappa shape index (κ2) is 7.76. The predicted molar refractivity (Wildman–Crippen MR) is 74.6 cm³/mol. The summed E-state index contributed by atoms with van der Waals surface area (Å²) >= 11 is 3.20. The number of halogens is 2. The number of methoxy groups -OCH3 is 1. The van der Waals surface area contributed by atoms with E-state index >= 15 is 0 Å². The molecule has 0 aromatic heterocycles. The molecular weight excluding hydrogens is 333 g/mol. The van der Waals surface area contributed by atoms with Gasteiger partial charge in [0.1, 0.15) is 5.82 Å². The van der Waals surface area contributed by atoms with Gasteiger partial charge in [0.15, 0.2) is 6.10 Å². The summed E-state index contributed by atoms with van der Waals surface area (Å²) in [6.45, 7) is -0.171. The van der Waals surface area contributed by atoms with Crippen LogP contribution in [0.5, 0.6) is 0 Å². The fraction of sp³-hybridized carbons (Fsp3) is 0.231. The second-order valence-electron chi connectivity index (χ2n) is 3.81. The molecule has 1 aromatic rings. The summed E-state index contributed by atoms with van der Waals surface area (Å²) in [5.41, 5.74) is 0.246. The fourth-order valence-corrected chi connectivity index (χ4v) is 1.71. The van der Waals surface area contributed by atoms with Crippen molar-refractivity contribution >= 4 is 33.9 Å². The Bertz CT molecular complexity index is 533. The molecule has 1 atom stereocenters. The van der Waals surface area contributed by atoms with Crippen molar-refractivity contribution in [2.45, 2.75) is 6.10 Å². The third-order valence-electron chi connectivity index (χ3n) is 2.39. The lowest BCUT2D eigenvalue weighted by Crippen LogP contribution is -2.37. The van der Waals surface area contributed by atoms with Gasteiger partial charge in [-0.3, -0.25) is 4.79 Å². The molecule has 1 unspecified atom stereocenters. The Morgan fingerprint density at radius 1 is 1.55 bits per heavy atom. The lowest BCUT2D eigenvalue weighted by Gasteiger charge is -2.10. The maximum atomic E-state index is 13.4. The number of carboxylic acid groups (broad SMARTS) is 1. The number of carboxylic acids is 1. The van der Waals surface area contributed by atoms with Crippen LogP contribution in [0.3, 0.4) is 0 Å². The number of nitrogens with one attached hydrogen (secondary N) is 1. The summed E-state index contributed by atoms with van der Waals surface area (Å²) in [6, 6.07) is 4.34. The Morgan fingerprint density at radius 2 is 2.25 bits per heavy atom. The molecule has 1 amide bonds. The highest BCUT2D eigenvalue weighted by Crippen LogP contribution is 2.16. The molecule has 0 aliphatic heterocycles. The lowest BCUT2D eigenvalue weighted by atomic mass is 10.2. The standard InChI is InChI=1S/C13H13BrFNO4/c1-20-11(13(18)19)7-16-12(17)5-2-8-6-9(14)3-4-10(8)15/h2-6,11H,7H2,1H3,(H,16,17)(H,18,19)/b5-2+. The van der Waals surface area contributed by atoms with Crippen LogP contribution in [-0.2, 0) is 14.3 Å². The minimum absolute atomic E-state index is 0.171. The second-order valence-corrected chi connectivity index (χ2v) is 4.72. The van der Waals surface area contributed by atoms with Crippen molar-refractivity contribution in [3.05, 3.63) is 40.1 Å². The van der Waals surface area contributed by atoms with E-state index in [2.05, 4.69) is 26.0 Å². The van der Waals surface area contributed by atoms with Crippen molar-refractivity contribution in [1.82, 2.24) is 5.32 Å². The number of rotatable bonds is 6. The summed E-state index contributed by atoms with van der Waals surface area (Å²) in [5, 5.41) is 11.1. The third kappa shape index (κ3) is 5.10. The highest BCUT2D eigenvalue weighted by atomic mass is 79.9. The van der Waals surface area contributed by atoms with Gasteiger partial charge in [-0.05, 0) is 24.3 Å². The first kappa shape index (κ1) is 16.3. The largest absolute Gasteiger partial charge is 0.479 e. The topological polar surface area (TPSA) is 75.6 Å². The molecule has 5 nitrogen and oxygen atoms in total. The normalized spacial score (nSPS) is 12.3.